The summed E-state index contributed by atoms with van der Waals surface area (Å²) in [5.41, 5.74) is 2.85. The van der Waals surface area contributed by atoms with Gasteiger partial charge in [-0.1, -0.05) is 24.3 Å². The van der Waals surface area contributed by atoms with Gasteiger partial charge in [0.1, 0.15) is 0 Å². The molecule has 130 valence electrons. The molecule has 2 aliphatic rings. The molecule has 5 nitrogen and oxygen atoms in total. The van der Waals surface area contributed by atoms with Crippen molar-refractivity contribution in [3.8, 4) is 0 Å². The standard InChI is InChI=1S/C19H27N3O2/c1-20-17(23)12-14-13-19(16-7-5-4-6-15(14)16)8-10-22(11-9-19)18(24)21(2)3/h4-7,14H,8-13H2,1-3H3,(H,20,23). The van der Waals surface area contributed by atoms with E-state index >= 15 is 0 Å². The second-order valence-electron chi connectivity index (χ2n) is 7.31. The van der Waals surface area contributed by atoms with Crippen molar-refractivity contribution < 1.29 is 9.59 Å². The average molecular weight is 329 g/mol. The second kappa shape index (κ2) is 6.46. The quantitative estimate of drug-likeness (QED) is 0.905. The predicted molar refractivity (Wildman–Crippen MR) is 94.1 cm³/mol. The van der Waals surface area contributed by atoms with Gasteiger partial charge in [-0.15, -0.1) is 0 Å². The highest BCUT2D eigenvalue weighted by atomic mass is 16.2. The molecular formula is C19H27N3O2. The van der Waals surface area contributed by atoms with E-state index in [2.05, 4.69) is 29.6 Å². The zero-order valence-corrected chi connectivity index (χ0v) is 14.8. The summed E-state index contributed by atoms with van der Waals surface area (Å²) < 4.78 is 0. The van der Waals surface area contributed by atoms with E-state index in [0.29, 0.717) is 6.42 Å². The van der Waals surface area contributed by atoms with Crippen LogP contribution in [0.1, 0.15) is 42.7 Å². The molecule has 1 N–H and O–H groups in total. The summed E-state index contributed by atoms with van der Waals surface area (Å²) in [5.74, 6) is 0.393. The van der Waals surface area contributed by atoms with Crippen LogP contribution in [0.2, 0.25) is 0 Å². The topological polar surface area (TPSA) is 52.7 Å². The van der Waals surface area contributed by atoms with Crippen LogP contribution in [0, 0.1) is 0 Å². The van der Waals surface area contributed by atoms with Gasteiger partial charge in [-0.3, -0.25) is 4.79 Å². The summed E-state index contributed by atoms with van der Waals surface area (Å²) in [4.78, 5) is 27.7. The fourth-order valence-corrected chi connectivity index (χ4v) is 4.42. The fourth-order valence-electron chi connectivity index (χ4n) is 4.42. The van der Waals surface area contributed by atoms with E-state index in [1.807, 2.05) is 4.90 Å². The number of urea groups is 1. The van der Waals surface area contributed by atoms with Gasteiger partial charge in [0.15, 0.2) is 0 Å². The van der Waals surface area contributed by atoms with Crippen LogP contribution in [-0.2, 0) is 10.2 Å². The van der Waals surface area contributed by atoms with Gasteiger partial charge in [-0.25, -0.2) is 4.79 Å². The van der Waals surface area contributed by atoms with Crippen LogP contribution >= 0.6 is 0 Å². The number of amides is 3. The summed E-state index contributed by atoms with van der Waals surface area (Å²) in [6.45, 7) is 1.58. The molecule has 0 bridgehead atoms. The summed E-state index contributed by atoms with van der Waals surface area (Å²) in [6.07, 6.45) is 3.53. The van der Waals surface area contributed by atoms with Crippen LogP contribution in [0.5, 0.6) is 0 Å². The van der Waals surface area contributed by atoms with Crippen LogP contribution < -0.4 is 5.32 Å². The van der Waals surface area contributed by atoms with Gasteiger partial charge < -0.3 is 15.1 Å². The summed E-state index contributed by atoms with van der Waals surface area (Å²) in [7, 11) is 5.30. The molecule has 0 saturated carbocycles. The number of fused-ring (bicyclic) bond motifs is 2. The Morgan fingerprint density at radius 1 is 1.25 bits per heavy atom. The molecule has 1 aromatic carbocycles. The van der Waals surface area contributed by atoms with Crippen molar-refractivity contribution in [3.05, 3.63) is 35.4 Å². The van der Waals surface area contributed by atoms with E-state index in [1.54, 1.807) is 26.0 Å². The molecule has 5 heteroatoms. The summed E-state index contributed by atoms with van der Waals surface area (Å²) >= 11 is 0. The normalized spacial score (nSPS) is 21.5. The van der Waals surface area contributed by atoms with E-state index in [1.165, 1.54) is 11.1 Å². The van der Waals surface area contributed by atoms with E-state index in [9.17, 15) is 9.59 Å². The third-order valence-corrected chi connectivity index (χ3v) is 5.69. The van der Waals surface area contributed by atoms with Gasteiger partial charge in [0.25, 0.3) is 0 Å². The lowest BCUT2D eigenvalue weighted by atomic mass is 9.73. The van der Waals surface area contributed by atoms with Gasteiger partial charge in [-0.2, -0.15) is 0 Å². The van der Waals surface area contributed by atoms with Gasteiger partial charge in [-0.05, 0) is 41.7 Å². The van der Waals surface area contributed by atoms with E-state index < -0.39 is 0 Å². The summed E-state index contributed by atoms with van der Waals surface area (Å²) in [5, 5.41) is 2.75. The van der Waals surface area contributed by atoms with Gasteiger partial charge in [0.05, 0.1) is 0 Å². The number of carbonyl (C=O) groups excluding carboxylic acids is 2. The molecule has 1 aliphatic heterocycles. The zero-order chi connectivity index (χ0) is 17.3. The third kappa shape index (κ3) is 2.87. The number of nitrogens with one attached hydrogen (secondary N) is 1. The molecule has 0 aromatic heterocycles. The molecule has 1 fully saturated rings. The van der Waals surface area contributed by atoms with Crippen molar-refractivity contribution in [2.75, 3.05) is 34.2 Å². The van der Waals surface area contributed by atoms with Gasteiger partial charge >= 0.3 is 6.03 Å². The molecule has 0 radical (unpaired) electrons. The van der Waals surface area contributed by atoms with Crippen LogP contribution in [0.4, 0.5) is 4.79 Å². The minimum atomic E-state index is 0.0954. The van der Waals surface area contributed by atoms with Crippen molar-refractivity contribution in [3.63, 3.8) is 0 Å². The number of rotatable bonds is 2. The first-order valence-electron chi connectivity index (χ1n) is 8.73. The largest absolute Gasteiger partial charge is 0.359 e. The molecule has 1 atom stereocenters. The predicted octanol–water partition coefficient (Wildman–Crippen LogP) is 2.33. The lowest BCUT2D eigenvalue weighted by molar-refractivity contribution is -0.121. The Hall–Kier alpha value is -2.04. The maximum absolute atomic E-state index is 12.2. The van der Waals surface area contributed by atoms with Gasteiger partial charge in [0.2, 0.25) is 5.91 Å². The lowest BCUT2D eigenvalue weighted by Gasteiger charge is -2.41. The van der Waals surface area contributed by atoms with Crippen molar-refractivity contribution in [2.24, 2.45) is 0 Å². The third-order valence-electron chi connectivity index (χ3n) is 5.69. The first kappa shape index (κ1) is 16.8. The van der Waals surface area contributed by atoms with Crippen molar-refractivity contribution in [2.45, 2.75) is 37.0 Å². The molecule has 1 saturated heterocycles. The Labute approximate surface area is 144 Å². The molecule has 1 aromatic rings. The minimum absolute atomic E-state index is 0.0954. The number of likely N-dealkylation sites (tertiary alicyclic amines) is 1. The summed E-state index contributed by atoms with van der Waals surface area (Å²) in [6, 6.07) is 8.66. The van der Waals surface area contributed by atoms with Crippen LogP contribution in [0.3, 0.4) is 0 Å². The van der Waals surface area contributed by atoms with Crippen LogP contribution in [0.25, 0.3) is 0 Å². The number of benzene rings is 1. The molecule has 24 heavy (non-hydrogen) atoms. The number of piperidine rings is 1. The first-order valence-corrected chi connectivity index (χ1v) is 8.73. The van der Waals surface area contributed by atoms with Crippen molar-refractivity contribution in [1.82, 2.24) is 15.1 Å². The monoisotopic (exact) mass is 329 g/mol. The SMILES string of the molecule is CNC(=O)CC1CC2(CCN(C(=O)N(C)C)CC2)c2ccccc21. The van der Waals surface area contributed by atoms with Crippen molar-refractivity contribution in [1.29, 1.82) is 0 Å². The van der Waals surface area contributed by atoms with E-state index in [4.69, 9.17) is 0 Å². The fraction of sp³-hybridized carbons (Fsp3) is 0.579. The van der Waals surface area contributed by atoms with Crippen LogP contribution in [0.15, 0.2) is 24.3 Å². The maximum Gasteiger partial charge on any atom is 0.319 e. The Bertz CT molecular complexity index is 633. The Morgan fingerprint density at radius 3 is 2.54 bits per heavy atom. The number of nitrogens with zero attached hydrogens (tertiary/aromatic N) is 2. The highest BCUT2D eigenvalue weighted by Crippen LogP contribution is 2.52. The zero-order valence-electron chi connectivity index (χ0n) is 14.8. The molecule has 1 unspecified atom stereocenters. The minimum Gasteiger partial charge on any atom is -0.359 e. The molecule has 1 aliphatic carbocycles. The highest BCUT2D eigenvalue weighted by molar-refractivity contribution is 5.77. The number of hydrogen-bond acceptors (Lipinski definition) is 2. The molecule has 3 amide bonds. The Kier molecular flexibility index (Phi) is 4.52. The number of hydrogen-bond donors (Lipinski definition) is 1. The molecule has 3 rings (SSSR count). The highest BCUT2D eigenvalue weighted by Gasteiger charge is 2.46. The Balaban J connectivity index is 1.80. The molecule has 1 heterocycles. The smallest absolute Gasteiger partial charge is 0.319 e. The van der Waals surface area contributed by atoms with Crippen LogP contribution in [-0.4, -0.2) is 56.0 Å². The van der Waals surface area contributed by atoms with Crippen molar-refractivity contribution >= 4 is 11.9 Å². The second-order valence-corrected chi connectivity index (χ2v) is 7.31. The van der Waals surface area contributed by atoms with E-state index in [-0.39, 0.29) is 23.3 Å². The van der Waals surface area contributed by atoms with E-state index in [0.717, 1.165) is 32.4 Å². The first-order chi connectivity index (χ1) is 11.5. The molecule has 1 spiro atoms. The molecular weight excluding hydrogens is 302 g/mol. The van der Waals surface area contributed by atoms with Gasteiger partial charge in [0, 0.05) is 40.7 Å². The lowest BCUT2D eigenvalue weighted by Crippen LogP contribution is -2.47. The number of carbonyl (C=O) groups is 2. The Morgan fingerprint density at radius 2 is 1.92 bits per heavy atom. The maximum atomic E-state index is 12.2. The average Bonchev–Trinajstić information content (AvgIpc) is 2.88.